The van der Waals surface area contributed by atoms with Crippen molar-refractivity contribution >= 4 is 11.9 Å². The quantitative estimate of drug-likeness (QED) is 0.107. The van der Waals surface area contributed by atoms with Gasteiger partial charge in [0.25, 0.3) is 0 Å². The van der Waals surface area contributed by atoms with Crippen molar-refractivity contribution in [3.63, 3.8) is 0 Å². The van der Waals surface area contributed by atoms with Crippen LogP contribution >= 0.6 is 0 Å². The fourth-order valence-corrected chi connectivity index (χ4v) is 5.03. The zero-order valence-corrected chi connectivity index (χ0v) is 25.3. The number of benzene rings is 2. The Hall–Kier alpha value is -2.29. The van der Waals surface area contributed by atoms with E-state index >= 15 is 0 Å². The minimum atomic E-state index is 0.208. The maximum absolute atomic E-state index is 10.4. The summed E-state index contributed by atoms with van der Waals surface area (Å²) in [6, 6.07) is 14.0. The molecule has 0 unspecified atom stereocenters. The molecule has 0 aliphatic heterocycles. The van der Waals surface area contributed by atoms with Gasteiger partial charge in [0.15, 0.2) is 0 Å². The molecule has 0 amide bonds. The van der Waals surface area contributed by atoms with Crippen LogP contribution in [0.4, 0.5) is 5.69 Å². The van der Waals surface area contributed by atoms with E-state index in [0.29, 0.717) is 12.2 Å². The average molecular weight is 536 g/mol. The Morgan fingerprint density at radius 1 is 0.615 bits per heavy atom. The standard InChI is InChI=1S/C36H57NO2/c1-3-5-7-9-11-12-13-14-15-16-18-20-22-32-23-26-34(27-24-32)37-31-33-25-28-35(30-36(33)38)39-29-21-19-17-10-8-6-4-2/h23-28,30-31,38H,3-22,29H2,1-2H3. The van der Waals surface area contributed by atoms with Crippen LogP contribution in [-0.2, 0) is 6.42 Å². The van der Waals surface area contributed by atoms with Crippen molar-refractivity contribution in [3.8, 4) is 11.5 Å². The van der Waals surface area contributed by atoms with E-state index in [1.807, 2.05) is 12.1 Å². The highest BCUT2D eigenvalue weighted by Crippen LogP contribution is 2.24. The van der Waals surface area contributed by atoms with Crippen molar-refractivity contribution in [2.75, 3.05) is 6.61 Å². The highest BCUT2D eigenvalue weighted by molar-refractivity contribution is 5.85. The number of nitrogens with zero attached hydrogens (tertiary/aromatic N) is 1. The molecule has 0 aliphatic rings. The lowest BCUT2D eigenvalue weighted by atomic mass is 10.0. The predicted octanol–water partition coefficient (Wildman–Crippen LogP) is 11.5. The van der Waals surface area contributed by atoms with E-state index in [4.69, 9.17) is 4.74 Å². The minimum Gasteiger partial charge on any atom is -0.507 e. The Morgan fingerprint density at radius 3 is 1.67 bits per heavy atom. The van der Waals surface area contributed by atoms with Crippen LogP contribution in [-0.4, -0.2) is 17.9 Å². The molecule has 0 heterocycles. The van der Waals surface area contributed by atoms with Gasteiger partial charge in [0.1, 0.15) is 11.5 Å². The van der Waals surface area contributed by atoms with E-state index in [0.717, 1.165) is 24.3 Å². The number of rotatable bonds is 24. The first kappa shape index (κ1) is 32.9. The van der Waals surface area contributed by atoms with E-state index in [2.05, 4.69) is 43.1 Å². The monoisotopic (exact) mass is 535 g/mol. The Labute approximate surface area is 240 Å². The molecule has 0 fully saturated rings. The summed E-state index contributed by atoms with van der Waals surface area (Å²) in [6.45, 7) is 5.23. The summed E-state index contributed by atoms with van der Waals surface area (Å²) >= 11 is 0. The Morgan fingerprint density at radius 2 is 1.13 bits per heavy atom. The van der Waals surface area contributed by atoms with Crippen LogP contribution in [0.2, 0.25) is 0 Å². The van der Waals surface area contributed by atoms with Gasteiger partial charge in [-0.2, -0.15) is 0 Å². The van der Waals surface area contributed by atoms with E-state index in [9.17, 15) is 5.11 Å². The van der Waals surface area contributed by atoms with Gasteiger partial charge in [0.2, 0.25) is 0 Å². The summed E-state index contributed by atoms with van der Waals surface area (Å²) in [5.74, 6) is 0.928. The van der Waals surface area contributed by atoms with Gasteiger partial charge < -0.3 is 9.84 Å². The SMILES string of the molecule is CCCCCCCCCCCCCCc1ccc(N=Cc2ccc(OCCCCCCCCC)cc2O)cc1. The molecule has 0 spiro atoms. The van der Waals surface area contributed by atoms with Crippen molar-refractivity contribution in [2.24, 2.45) is 4.99 Å². The van der Waals surface area contributed by atoms with Crippen LogP contribution in [0.3, 0.4) is 0 Å². The van der Waals surface area contributed by atoms with E-state index in [1.54, 1.807) is 12.3 Å². The van der Waals surface area contributed by atoms with Crippen molar-refractivity contribution in [1.29, 1.82) is 0 Å². The third-order valence-corrected chi connectivity index (χ3v) is 7.63. The predicted molar refractivity (Wildman–Crippen MR) is 170 cm³/mol. The van der Waals surface area contributed by atoms with Gasteiger partial charge in [-0.15, -0.1) is 0 Å². The summed E-state index contributed by atoms with van der Waals surface area (Å²) in [7, 11) is 0. The lowest BCUT2D eigenvalue weighted by Gasteiger charge is -2.08. The fourth-order valence-electron chi connectivity index (χ4n) is 5.03. The molecule has 2 aromatic rings. The van der Waals surface area contributed by atoms with Crippen LogP contribution < -0.4 is 4.74 Å². The van der Waals surface area contributed by atoms with Crippen molar-refractivity contribution in [3.05, 3.63) is 53.6 Å². The molecular formula is C36H57NO2. The van der Waals surface area contributed by atoms with Crippen LogP contribution in [0.25, 0.3) is 0 Å². The maximum atomic E-state index is 10.4. The van der Waals surface area contributed by atoms with Crippen LogP contribution in [0.5, 0.6) is 11.5 Å². The Balaban J connectivity index is 1.57. The van der Waals surface area contributed by atoms with Gasteiger partial charge in [-0.3, -0.25) is 4.99 Å². The number of hydrogen-bond donors (Lipinski definition) is 1. The minimum absolute atomic E-state index is 0.208. The zero-order valence-electron chi connectivity index (χ0n) is 25.3. The highest BCUT2D eigenvalue weighted by atomic mass is 16.5. The van der Waals surface area contributed by atoms with Crippen molar-refractivity contribution < 1.29 is 9.84 Å². The van der Waals surface area contributed by atoms with E-state index in [-0.39, 0.29) is 5.75 Å². The molecule has 2 aromatic carbocycles. The first-order valence-corrected chi connectivity index (χ1v) is 16.3. The molecular weight excluding hydrogens is 478 g/mol. The van der Waals surface area contributed by atoms with Crippen LogP contribution in [0, 0.1) is 0 Å². The number of aryl methyl sites for hydroxylation is 1. The molecule has 3 nitrogen and oxygen atoms in total. The summed E-state index contributed by atoms with van der Waals surface area (Å²) in [5, 5.41) is 10.4. The number of aromatic hydroxyl groups is 1. The lowest BCUT2D eigenvalue weighted by molar-refractivity contribution is 0.302. The van der Waals surface area contributed by atoms with Gasteiger partial charge in [-0.1, -0.05) is 135 Å². The molecule has 1 N–H and O–H groups in total. The number of ether oxygens (including phenoxy) is 1. The largest absolute Gasteiger partial charge is 0.507 e. The van der Waals surface area contributed by atoms with Gasteiger partial charge >= 0.3 is 0 Å². The average Bonchev–Trinajstić information content (AvgIpc) is 2.95. The van der Waals surface area contributed by atoms with E-state index in [1.165, 1.54) is 121 Å². The molecule has 0 atom stereocenters. The Kier molecular flexibility index (Phi) is 19.0. The third kappa shape index (κ3) is 16.4. The normalized spacial score (nSPS) is 11.4. The molecule has 0 aromatic heterocycles. The first-order valence-electron chi connectivity index (χ1n) is 16.3. The number of aliphatic imine (C=N–C) groups is 1. The molecule has 0 radical (unpaired) electrons. The molecule has 3 heteroatoms. The lowest BCUT2D eigenvalue weighted by Crippen LogP contribution is -1.97. The van der Waals surface area contributed by atoms with Crippen molar-refractivity contribution in [2.45, 2.75) is 142 Å². The molecule has 0 saturated carbocycles. The molecule has 39 heavy (non-hydrogen) atoms. The van der Waals surface area contributed by atoms with E-state index < -0.39 is 0 Å². The van der Waals surface area contributed by atoms with Gasteiger partial charge in [0.05, 0.1) is 12.3 Å². The fraction of sp³-hybridized carbons (Fsp3) is 0.639. The molecule has 2 rings (SSSR count). The zero-order chi connectivity index (χ0) is 27.8. The number of hydrogen-bond acceptors (Lipinski definition) is 3. The molecule has 0 saturated heterocycles. The van der Waals surface area contributed by atoms with Crippen molar-refractivity contribution in [1.82, 2.24) is 0 Å². The van der Waals surface area contributed by atoms with Gasteiger partial charge in [-0.25, -0.2) is 0 Å². The summed E-state index contributed by atoms with van der Waals surface area (Å²) < 4.78 is 5.83. The first-order chi connectivity index (χ1) is 19.2. The molecule has 218 valence electrons. The number of phenolic OH excluding ortho intramolecular Hbond substituents is 1. The summed E-state index contributed by atoms with van der Waals surface area (Å²) in [5.41, 5.74) is 3.00. The van der Waals surface area contributed by atoms with Gasteiger partial charge in [0, 0.05) is 17.8 Å². The molecule has 0 aliphatic carbocycles. The van der Waals surface area contributed by atoms with Crippen LogP contribution in [0.1, 0.15) is 147 Å². The van der Waals surface area contributed by atoms with Gasteiger partial charge in [-0.05, 0) is 49.1 Å². The summed E-state index contributed by atoms with van der Waals surface area (Å²) in [4.78, 5) is 4.57. The topological polar surface area (TPSA) is 41.8 Å². The van der Waals surface area contributed by atoms with Crippen LogP contribution in [0.15, 0.2) is 47.5 Å². The smallest absolute Gasteiger partial charge is 0.128 e. The second-order valence-electron chi connectivity index (χ2n) is 11.3. The number of phenols is 1. The highest BCUT2D eigenvalue weighted by Gasteiger charge is 2.03. The number of unbranched alkanes of at least 4 members (excludes halogenated alkanes) is 17. The maximum Gasteiger partial charge on any atom is 0.128 e. The third-order valence-electron chi connectivity index (χ3n) is 7.63. The second kappa shape index (κ2) is 22.5. The second-order valence-corrected chi connectivity index (χ2v) is 11.3. The summed E-state index contributed by atoms with van der Waals surface area (Å²) in [6.07, 6.45) is 28.4. The Bertz CT molecular complexity index is 874. The molecule has 0 bridgehead atoms.